The van der Waals surface area contributed by atoms with Gasteiger partial charge in [-0.05, 0) is 42.5 Å². The van der Waals surface area contributed by atoms with Crippen molar-refractivity contribution in [3.05, 3.63) is 49.8 Å². The Labute approximate surface area is 164 Å². The van der Waals surface area contributed by atoms with Crippen molar-refractivity contribution >= 4 is 51.4 Å². The SMILES string of the molecule is N#Cc1c(NC(=O)COC(=O)Cc2ccc(Cl)c(Cl)c2)sc2c1CCC2. The van der Waals surface area contributed by atoms with Crippen molar-refractivity contribution in [3.8, 4) is 6.07 Å². The predicted octanol–water partition coefficient (Wildman–Crippen LogP) is 4.14. The highest BCUT2D eigenvalue weighted by Gasteiger charge is 2.23. The number of nitrogens with zero attached hydrogens (tertiary/aromatic N) is 1. The molecule has 2 aromatic rings. The van der Waals surface area contributed by atoms with E-state index in [1.165, 1.54) is 11.3 Å². The van der Waals surface area contributed by atoms with Crippen LogP contribution in [0.25, 0.3) is 0 Å². The molecular formula is C18H14Cl2N2O3S. The Hall–Kier alpha value is -2.07. The molecule has 0 radical (unpaired) electrons. The molecule has 1 N–H and O–H groups in total. The van der Waals surface area contributed by atoms with Crippen LogP contribution in [-0.4, -0.2) is 18.5 Å². The van der Waals surface area contributed by atoms with E-state index in [-0.39, 0.29) is 6.42 Å². The van der Waals surface area contributed by atoms with Gasteiger partial charge in [0.25, 0.3) is 5.91 Å². The molecule has 1 aliphatic rings. The fourth-order valence-electron chi connectivity index (χ4n) is 2.79. The Bertz CT molecular complexity index is 918. The fourth-order valence-corrected chi connectivity index (χ4v) is 4.36. The zero-order chi connectivity index (χ0) is 18.7. The minimum atomic E-state index is -0.548. The minimum Gasteiger partial charge on any atom is -0.455 e. The number of benzene rings is 1. The third-order valence-electron chi connectivity index (χ3n) is 3.98. The molecule has 0 saturated carbocycles. The summed E-state index contributed by atoms with van der Waals surface area (Å²) in [5, 5.41) is 13.3. The Morgan fingerprint density at radius 3 is 2.81 bits per heavy atom. The lowest BCUT2D eigenvalue weighted by Crippen LogP contribution is -2.21. The molecule has 0 fully saturated rings. The molecule has 8 heteroatoms. The van der Waals surface area contributed by atoms with Gasteiger partial charge in [0.1, 0.15) is 11.1 Å². The monoisotopic (exact) mass is 408 g/mol. The number of amides is 1. The van der Waals surface area contributed by atoms with E-state index in [2.05, 4.69) is 11.4 Å². The zero-order valence-corrected chi connectivity index (χ0v) is 15.9. The lowest BCUT2D eigenvalue weighted by atomic mass is 10.1. The molecule has 1 aliphatic carbocycles. The Kier molecular flexibility index (Phi) is 5.82. The number of nitriles is 1. The molecule has 0 atom stereocenters. The van der Waals surface area contributed by atoms with Gasteiger partial charge in [0.05, 0.1) is 22.0 Å². The smallest absolute Gasteiger partial charge is 0.310 e. The molecule has 0 spiro atoms. The lowest BCUT2D eigenvalue weighted by Gasteiger charge is -2.07. The number of nitrogens with one attached hydrogen (secondary N) is 1. The first kappa shape index (κ1) is 18.7. The highest BCUT2D eigenvalue weighted by Crippen LogP contribution is 2.38. The largest absolute Gasteiger partial charge is 0.455 e. The van der Waals surface area contributed by atoms with Crippen LogP contribution in [0.5, 0.6) is 0 Å². The van der Waals surface area contributed by atoms with Crippen molar-refractivity contribution in [1.29, 1.82) is 5.26 Å². The molecule has 1 heterocycles. The molecule has 0 unspecified atom stereocenters. The number of fused-ring (bicyclic) bond motifs is 1. The molecular weight excluding hydrogens is 395 g/mol. The molecule has 1 amide bonds. The topological polar surface area (TPSA) is 79.2 Å². The van der Waals surface area contributed by atoms with Crippen LogP contribution in [0.15, 0.2) is 18.2 Å². The summed E-state index contributed by atoms with van der Waals surface area (Å²) >= 11 is 13.1. The molecule has 26 heavy (non-hydrogen) atoms. The number of hydrogen-bond acceptors (Lipinski definition) is 5. The van der Waals surface area contributed by atoms with Crippen LogP contribution in [0.4, 0.5) is 5.00 Å². The van der Waals surface area contributed by atoms with Crippen LogP contribution in [0.2, 0.25) is 10.0 Å². The normalized spacial score (nSPS) is 12.3. The average molecular weight is 409 g/mol. The third-order valence-corrected chi connectivity index (χ3v) is 5.93. The maximum atomic E-state index is 12.0. The van der Waals surface area contributed by atoms with Gasteiger partial charge in [0.15, 0.2) is 6.61 Å². The van der Waals surface area contributed by atoms with E-state index in [1.807, 2.05) is 0 Å². The number of esters is 1. The molecule has 1 aromatic carbocycles. The van der Waals surface area contributed by atoms with Gasteiger partial charge in [-0.1, -0.05) is 29.3 Å². The van der Waals surface area contributed by atoms with Crippen LogP contribution in [-0.2, 0) is 33.6 Å². The summed E-state index contributed by atoms with van der Waals surface area (Å²) in [6, 6.07) is 7.00. The summed E-state index contributed by atoms with van der Waals surface area (Å²) in [6.45, 7) is -0.409. The molecule has 5 nitrogen and oxygen atoms in total. The Morgan fingerprint density at radius 2 is 2.08 bits per heavy atom. The van der Waals surface area contributed by atoms with Gasteiger partial charge in [0.2, 0.25) is 0 Å². The predicted molar refractivity (Wildman–Crippen MR) is 101 cm³/mol. The van der Waals surface area contributed by atoms with Crippen LogP contribution < -0.4 is 5.32 Å². The molecule has 0 saturated heterocycles. The second-order valence-corrected chi connectivity index (χ2v) is 7.73. The van der Waals surface area contributed by atoms with Gasteiger partial charge in [-0.15, -0.1) is 11.3 Å². The first-order valence-electron chi connectivity index (χ1n) is 7.92. The number of hydrogen-bond donors (Lipinski definition) is 1. The van der Waals surface area contributed by atoms with Gasteiger partial charge in [-0.2, -0.15) is 5.26 Å². The molecule has 0 aliphatic heterocycles. The second-order valence-electron chi connectivity index (χ2n) is 5.81. The van der Waals surface area contributed by atoms with E-state index in [1.54, 1.807) is 18.2 Å². The summed E-state index contributed by atoms with van der Waals surface area (Å²) < 4.78 is 5.00. The Morgan fingerprint density at radius 1 is 1.27 bits per heavy atom. The van der Waals surface area contributed by atoms with Gasteiger partial charge in [-0.3, -0.25) is 9.59 Å². The number of ether oxygens (including phenoxy) is 1. The van der Waals surface area contributed by atoms with Gasteiger partial charge < -0.3 is 10.1 Å². The Balaban J connectivity index is 1.53. The summed E-state index contributed by atoms with van der Waals surface area (Å²) in [6.07, 6.45) is 2.82. The van der Waals surface area contributed by atoms with E-state index in [0.717, 1.165) is 29.7 Å². The first-order valence-corrected chi connectivity index (χ1v) is 9.49. The summed E-state index contributed by atoms with van der Waals surface area (Å²) in [7, 11) is 0. The molecule has 0 bridgehead atoms. The molecule has 3 rings (SSSR count). The number of carbonyl (C=O) groups is 2. The van der Waals surface area contributed by atoms with E-state index >= 15 is 0 Å². The van der Waals surface area contributed by atoms with E-state index in [4.69, 9.17) is 27.9 Å². The second kappa shape index (κ2) is 8.09. The van der Waals surface area contributed by atoms with Gasteiger partial charge in [0, 0.05) is 4.88 Å². The van der Waals surface area contributed by atoms with Crippen LogP contribution in [0.3, 0.4) is 0 Å². The van der Waals surface area contributed by atoms with Crippen molar-refractivity contribution in [3.63, 3.8) is 0 Å². The number of carbonyl (C=O) groups excluding carboxylic acids is 2. The molecule has 1 aromatic heterocycles. The van der Waals surface area contributed by atoms with Crippen LogP contribution in [0, 0.1) is 11.3 Å². The lowest BCUT2D eigenvalue weighted by molar-refractivity contribution is -0.146. The summed E-state index contributed by atoms with van der Waals surface area (Å²) in [5.41, 5.74) is 2.20. The van der Waals surface area contributed by atoms with Gasteiger partial charge in [-0.25, -0.2) is 0 Å². The first-order chi connectivity index (χ1) is 12.5. The number of rotatable bonds is 5. The molecule has 134 valence electrons. The fraction of sp³-hybridized carbons (Fsp3) is 0.278. The number of thiophene rings is 1. The standard InChI is InChI=1S/C18H14Cl2N2O3S/c19-13-5-4-10(6-14(13)20)7-17(24)25-9-16(23)22-18-12(8-21)11-2-1-3-15(11)26-18/h4-6H,1-3,7,9H2,(H,22,23). The van der Waals surface area contributed by atoms with Crippen molar-refractivity contribution in [2.45, 2.75) is 25.7 Å². The summed E-state index contributed by atoms with van der Waals surface area (Å²) in [4.78, 5) is 25.1. The quantitative estimate of drug-likeness (QED) is 0.753. The van der Waals surface area contributed by atoms with E-state index in [0.29, 0.717) is 26.2 Å². The van der Waals surface area contributed by atoms with Crippen molar-refractivity contribution in [2.24, 2.45) is 0 Å². The van der Waals surface area contributed by atoms with Crippen LogP contribution >= 0.6 is 34.5 Å². The van der Waals surface area contributed by atoms with E-state index in [9.17, 15) is 14.9 Å². The number of aryl methyl sites for hydroxylation is 1. The number of anilines is 1. The van der Waals surface area contributed by atoms with Crippen LogP contribution in [0.1, 0.15) is 28.0 Å². The maximum Gasteiger partial charge on any atom is 0.310 e. The van der Waals surface area contributed by atoms with Crippen molar-refractivity contribution < 1.29 is 14.3 Å². The maximum absolute atomic E-state index is 12.0. The average Bonchev–Trinajstić information content (AvgIpc) is 3.17. The van der Waals surface area contributed by atoms with E-state index < -0.39 is 18.5 Å². The van der Waals surface area contributed by atoms with Crippen molar-refractivity contribution in [1.82, 2.24) is 0 Å². The summed E-state index contributed by atoms with van der Waals surface area (Å²) in [5.74, 6) is -1.02. The number of halogens is 2. The highest BCUT2D eigenvalue weighted by molar-refractivity contribution is 7.16. The zero-order valence-electron chi connectivity index (χ0n) is 13.6. The highest BCUT2D eigenvalue weighted by atomic mass is 35.5. The minimum absolute atomic E-state index is 0.0130. The van der Waals surface area contributed by atoms with Gasteiger partial charge >= 0.3 is 5.97 Å². The third kappa shape index (κ3) is 4.18. The van der Waals surface area contributed by atoms with Crippen molar-refractivity contribution in [2.75, 3.05) is 11.9 Å².